The highest BCUT2D eigenvalue weighted by Crippen LogP contribution is 2.39. The molecule has 4 nitrogen and oxygen atoms in total. The number of halogens is 3. The normalized spacial score (nSPS) is 16.4. The second kappa shape index (κ2) is 7.07. The Balaban J connectivity index is 1.99. The van der Waals surface area contributed by atoms with Crippen molar-refractivity contribution in [2.75, 3.05) is 0 Å². The largest absolute Gasteiger partial charge is 0.511 e. The van der Waals surface area contributed by atoms with Gasteiger partial charge in [-0.3, -0.25) is 0 Å². The monoisotopic (exact) mass is 445 g/mol. The van der Waals surface area contributed by atoms with Gasteiger partial charge in [0.2, 0.25) is 0 Å². The molecule has 0 amide bonds. The minimum atomic E-state index is -5.40. The van der Waals surface area contributed by atoms with Crippen LogP contribution in [0.3, 0.4) is 0 Å². The van der Waals surface area contributed by atoms with E-state index in [2.05, 4.69) is 33.9 Å². The van der Waals surface area contributed by atoms with Gasteiger partial charge in [-0.25, -0.2) is 8.42 Å². The topological polar surface area (TPSA) is 46.6 Å². The van der Waals surface area contributed by atoms with Crippen molar-refractivity contribution in [1.82, 2.24) is 4.31 Å². The van der Waals surface area contributed by atoms with Crippen LogP contribution in [0.2, 0.25) is 18.1 Å². The number of nitrogens with zero attached hydrogens (tertiary/aromatic N) is 1. The quantitative estimate of drug-likeness (QED) is 0.582. The number of sulfonamides is 1. The Morgan fingerprint density at radius 3 is 2.28 bits per heavy atom. The van der Waals surface area contributed by atoms with E-state index in [1.54, 1.807) is 18.2 Å². The summed E-state index contributed by atoms with van der Waals surface area (Å²) >= 11 is 0. The van der Waals surface area contributed by atoms with Gasteiger partial charge in [0, 0.05) is 13.1 Å². The van der Waals surface area contributed by atoms with Crippen LogP contribution < -0.4 is 0 Å². The van der Waals surface area contributed by atoms with Gasteiger partial charge in [-0.15, -0.1) is 0 Å². The Hall–Kier alpha value is -1.42. The Morgan fingerprint density at radius 1 is 1.07 bits per heavy atom. The van der Waals surface area contributed by atoms with Crippen LogP contribution in [0.5, 0.6) is 0 Å². The van der Waals surface area contributed by atoms with E-state index < -0.39 is 23.8 Å². The Kier molecular flexibility index (Phi) is 5.43. The second-order valence-electron chi connectivity index (χ2n) is 9.04. The molecule has 1 aliphatic heterocycles. The van der Waals surface area contributed by atoms with Crippen molar-refractivity contribution in [2.24, 2.45) is 0 Å². The first-order valence-electron chi connectivity index (χ1n) is 9.37. The van der Waals surface area contributed by atoms with Gasteiger partial charge in [0.25, 0.3) is 0 Å². The van der Waals surface area contributed by atoms with Crippen LogP contribution in [0.1, 0.15) is 37.5 Å². The Labute approximate surface area is 170 Å². The van der Waals surface area contributed by atoms with Crippen LogP contribution in [0, 0.1) is 0 Å². The molecule has 2 aromatic rings. The zero-order valence-electron chi connectivity index (χ0n) is 17.2. The van der Waals surface area contributed by atoms with Crippen molar-refractivity contribution in [2.45, 2.75) is 64.1 Å². The third kappa shape index (κ3) is 4.10. The minimum absolute atomic E-state index is 0.0306. The molecule has 0 saturated heterocycles. The molecule has 0 N–H and O–H groups in total. The first kappa shape index (κ1) is 22.3. The fourth-order valence-electron chi connectivity index (χ4n) is 3.24. The number of alkyl halides is 3. The molecule has 0 fully saturated rings. The Bertz CT molecular complexity index is 1040. The fraction of sp³-hybridized carbons (Fsp3) is 0.500. The van der Waals surface area contributed by atoms with Crippen molar-refractivity contribution in [3.05, 3.63) is 47.0 Å². The van der Waals surface area contributed by atoms with Gasteiger partial charge < -0.3 is 4.43 Å². The van der Waals surface area contributed by atoms with Gasteiger partial charge in [-0.2, -0.15) is 17.5 Å². The van der Waals surface area contributed by atoms with Gasteiger partial charge in [0.05, 0.1) is 6.61 Å². The van der Waals surface area contributed by atoms with Crippen LogP contribution in [-0.4, -0.2) is 26.5 Å². The predicted octanol–water partition coefficient (Wildman–Crippen LogP) is 5.53. The molecular formula is C20H26F3NO3SSi. The van der Waals surface area contributed by atoms with E-state index in [0.717, 1.165) is 16.3 Å². The van der Waals surface area contributed by atoms with Gasteiger partial charge in [0.1, 0.15) is 0 Å². The molecule has 3 rings (SSSR count). The third-order valence-electron chi connectivity index (χ3n) is 5.94. The lowest BCUT2D eigenvalue weighted by atomic mass is 9.94. The highest BCUT2D eigenvalue weighted by molar-refractivity contribution is 7.89. The van der Waals surface area contributed by atoms with Crippen molar-refractivity contribution < 1.29 is 26.0 Å². The maximum atomic E-state index is 13.1. The Morgan fingerprint density at radius 2 is 1.69 bits per heavy atom. The molecule has 0 bridgehead atoms. The maximum Gasteiger partial charge on any atom is 0.511 e. The molecule has 160 valence electrons. The average Bonchev–Trinajstić information content (AvgIpc) is 2.58. The molecule has 0 unspecified atom stereocenters. The molecule has 0 atom stereocenters. The van der Waals surface area contributed by atoms with Crippen LogP contribution in [0.25, 0.3) is 10.8 Å². The SMILES string of the molecule is CC(C)(C)[Si](C)(C)OCc1cc2c3c(cccc3c1)CN(S(=O)(=O)C(F)(F)F)C2. The van der Waals surface area contributed by atoms with Crippen LogP contribution in [0.15, 0.2) is 30.3 Å². The van der Waals surface area contributed by atoms with Crippen LogP contribution >= 0.6 is 0 Å². The van der Waals surface area contributed by atoms with Crippen molar-refractivity contribution in [3.8, 4) is 0 Å². The van der Waals surface area contributed by atoms with E-state index in [4.69, 9.17) is 4.43 Å². The molecule has 1 heterocycles. The number of hydrogen-bond acceptors (Lipinski definition) is 3. The van der Waals surface area contributed by atoms with Gasteiger partial charge in [-0.1, -0.05) is 45.0 Å². The summed E-state index contributed by atoms with van der Waals surface area (Å²) in [7, 11) is -7.40. The third-order valence-corrected chi connectivity index (χ3v) is 11.9. The van der Waals surface area contributed by atoms with Gasteiger partial charge in [-0.05, 0) is 51.7 Å². The highest BCUT2D eigenvalue weighted by Gasteiger charge is 2.50. The number of rotatable bonds is 4. The predicted molar refractivity (Wildman–Crippen MR) is 110 cm³/mol. The lowest BCUT2D eigenvalue weighted by Gasteiger charge is -2.36. The van der Waals surface area contributed by atoms with E-state index in [1.807, 2.05) is 12.1 Å². The maximum absolute atomic E-state index is 13.1. The van der Waals surface area contributed by atoms with E-state index in [-0.39, 0.29) is 18.1 Å². The standard InChI is InChI=1S/C20H26F3NO3SSi/c1-19(2,3)29(4,5)27-13-14-9-15-7-6-8-16-11-24(12-17(10-14)18(15)16)28(25,26)20(21,22)23/h6-10H,11-13H2,1-5H3. The molecule has 0 radical (unpaired) electrons. The minimum Gasteiger partial charge on any atom is -0.413 e. The van der Waals surface area contributed by atoms with Crippen LogP contribution in [-0.2, 0) is 34.1 Å². The average molecular weight is 446 g/mol. The van der Waals surface area contributed by atoms with E-state index >= 15 is 0 Å². The zero-order valence-corrected chi connectivity index (χ0v) is 19.0. The molecule has 0 spiro atoms. The summed E-state index contributed by atoms with van der Waals surface area (Å²) in [5.74, 6) is 0. The molecule has 9 heteroatoms. The molecule has 29 heavy (non-hydrogen) atoms. The summed E-state index contributed by atoms with van der Waals surface area (Å²) in [5.41, 5.74) is -3.33. The fourth-order valence-corrected chi connectivity index (χ4v) is 5.11. The molecule has 0 saturated carbocycles. The molecular weight excluding hydrogens is 419 g/mol. The lowest BCUT2D eigenvalue weighted by molar-refractivity contribution is -0.0494. The van der Waals surface area contributed by atoms with Crippen molar-refractivity contribution >= 4 is 29.1 Å². The molecule has 2 aromatic carbocycles. The van der Waals surface area contributed by atoms with Gasteiger partial charge >= 0.3 is 15.5 Å². The van der Waals surface area contributed by atoms with Gasteiger partial charge in [0.15, 0.2) is 8.32 Å². The summed E-state index contributed by atoms with van der Waals surface area (Å²) in [6.45, 7) is 10.4. The van der Waals surface area contributed by atoms with E-state index in [0.29, 0.717) is 22.0 Å². The summed E-state index contributed by atoms with van der Waals surface area (Å²) in [4.78, 5) is 0. The van der Waals surface area contributed by atoms with Crippen molar-refractivity contribution in [1.29, 1.82) is 0 Å². The van der Waals surface area contributed by atoms with E-state index in [9.17, 15) is 21.6 Å². The summed E-state index contributed by atoms with van der Waals surface area (Å²) in [6.07, 6.45) is 0. The lowest BCUT2D eigenvalue weighted by Crippen LogP contribution is -2.41. The molecule has 0 aliphatic carbocycles. The first-order valence-corrected chi connectivity index (χ1v) is 13.7. The number of hydrogen-bond donors (Lipinski definition) is 0. The second-order valence-corrected chi connectivity index (χ2v) is 15.8. The summed E-state index contributed by atoms with van der Waals surface area (Å²) in [5, 5.41) is 1.75. The molecule has 1 aliphatic rings. The summed E-state index contributed by atoms with van der Waals surface area (Å²) < 4.78 is 69.9. The smallest absolute Gasteiger partial charge is 0.413 e. The van der Waals surface area contributed by atoms with E-state index in [1.165, 1.54) is 0 Å². The first-order chi connectivity index (χ1) is 13.1. The van der Waals surface area contributed by atoms with Crippen LogP contribution in [0.4, 0.5) is 13.2 Å². The highest BCUT2D eigenvalue weighted by atomic mass is 32.2. The summed E-state index contributed by atoms with van der Waals surface area (Å²) in [6, 6.07) is 9.06. The zero-order chi connectivity index (χ0) is 21.8. The number of benzene rings is 2. The molecule has 0 aromatic heterocycles. The van der Waals surface area contributed by atoms with Crippen molar-refractivity contribution in [3.63, 3.8) is 0 Å².